The lowest BCUT2D eigenvalue weighted by Crippen LogP contribution is -2.36. The van der Waals surface area contributed by atoms with Gasteiger partial charge in [0.15, 0.2) is 0 Å². The van der Waals surface area contributed by atoms with Gasteiger partial charge in [-0.25, -0.2) is 0 Å². The Morgan fingerprint density at radius 1 is 1.24 bits per heavy atom. The maximum absolute atomic E-state index is 12.1. The van der Waals surface area contributed by atoms with E-state index in [0.717, 1.165) is 11.3 Å². The topological polar surface area (TPSA) is 38.3 Å². The Labute approximate surface area is 129 Å². The number of rotatable bonds is 5. The van der Waals surface area contributed by atoms with Crippen LogP contribution >= 0.6 is 11.6 Å². The fourth-order valence-electron chi connectivity index (χ4n) is 1.91. The number of carbonyl (C=O) groups excluding carboxylic acids is 1. The Morgan fingerprint density at radius 3 is 2.71 bits per heavy atom. The number of hydrogen-bond donors (Lipinski definition) is 1. The van der Waals surface area contributed by atoms with Crippen LogP contribution in [0, 0.1) is 6.92 Å². The van der Waals surface area contributed by atoms with Gasteiger partial charge in [-0.05, 0) is 43.7 Å². The molecule has 0 aromatic heterocycles. The van der Waals surface area contributed by atoms with Crippen molar-refractivity contribution in [2.75, 3.05) is 6.61 Å². The van der Waals surface area contributed by atoms with E-state index in [-0.39, 0.29) is 11.9 Å². The van der Waals surface area contributed by atoms with E-state index in [1.807, 2.05) is 38.1 Å². The van der Waals surface area contributed by atoms with Gasteiger partial charge in [-0.2, -0.15) is 0 Å². The number of halogens is 1. The van der Waals surface area contributed by atoms with Crippen LogP contribution in [0.3, 0.4) is 0 Å². The molecule has 3 nitrogen and oxygen atoms in total. The van der Waals surface area contributed by atoms with E-state index in [2.05, 4.69) is 5.32 Å². The molecule has 0 saturated carbocycles. The van der Waals surface area contributed by atoms with Crippen LogP contribution < -0.4 is 10.1 Å². The van der Waals surface area contributed by atoms with Gasteiger partial charge in [0.25, 0.3) is 5.91 Å². The molecule has 0 heterocycles. The van der Waals surface area contributed by atoms with Crippen molar-refractivity contribution < 1.29 is 9.53 Å². The third kappa shape index (κ3) is 4.50. The number of aryl methyl sites for hydroxylation is 1. The minimum absolute atomic E-state index is 0.101. The Morgan fingerprint density at radius 2 is 2.00 bits per heavy atom. The molecule has 2 aromatic carbocycles. The second-order valence-corrected chi connectivity index (χ2v) is 5.40. The fraction of sp³-hybridized carbons (Fsp3) is 0.235. The zero-order valence-corrected chi connectivity index (χ0v) is 12.9. The number of benzene rings is 2. The lowest BCUT2D eigenvalue weighted by molar-refractivity contribution is 0.0926. The Balaban J connectivity index is 1.88. The van der Waals surface area contributed by atoms with Crippen LogP contribution in [0.15, 0.2) is 48.5 Å². The molecule has 0 spiro atoms. The molecular weight excluding hydrogens is 286 g/mol. The molecule has 2 rings (SSSR count). The molecule has 0 aliphatic heterocycles. The first kappa shape index (κ1) is 15.4. The summed E-state index contributed by atoms with van der Waals surface area (Å²) in [5.74, 6) is 0.680. The monoisotopic (exact) mass is 303 g/mol. The standard InChI is InChI=1S/C17H18ClNO2/c1-12-6-3-4-9-16(12)21-11-13(2)19-17(20)14-7-5-8-15(18)10-14/h3-10,13H,11H2,1-2H3,(H,19,20)/t13-/m0/s1. The number of amides is 1. The van der Waals surface area contributed by atoms with Gasteiger partial charge >= 0.3 is 0 Å². The number of ether oxygens (including phenoxy) is 1. The smallest absolute Gasteiger partial charge is 0.251 e. The molecule has 0 aliphatic rings. The predicted molar refractivity (Wildman–Crippen MR) is 85.1 cm³/mol. The van der Waals surface area contributed by atoms with E-state index in [1.165, 1.54) is 0 Å². The summed E-state index contributed by atoms with van der Waals surface area (Å²) < 4.78 is 5.72. The first-order valence-corrected chi connectivity index (χ1v) is 7.19. The molecule has 0 fully saturated rings. The highest BCUT2D eigenvalue weighted by molar-refractivity contribution is 6.30. The Bertz CT molecular complexity index is 628. The summed E-state index contributed by atoms with van der Waals surface area (Å²) in [6, 6.07) is 14.6. The van der Waals surface area contributed by atoms with E-state index >= 15 is 0 Å². The van der Waals surface area contributed by atoms with Crippen molar-refractivity contribution in [2.24, 2.45) is 0 Å². The first-order valence-electron chi connectivity index (χ1n) is 6.81. The number of hydrogen-bond acceptors (Lipinski definition) is 2. The number of nitrogens with one attached hydrogen (secondary N) is 1. The molecule has 0 radical (unpaired) electrons. The molecule has 110 valence electrons. The maximum atomic E-state index is 12.1. The number of para-hydroxylation sites is 1. The molecule has 4 heteroatoms. The van der Waals surface area contributed by atoms with Crippen molar-refractivity contribution in [3.8, 4) is 5.75 Å². The molecule has 1 N–H and O–H groups in total. The third-order valence-electron chi connectivity index (χ3n) is 3.05. The van der Waals surface area contributed by atoms with Crippen molar-refractivity contribution in [2.45, 2.75) is 19.9 Å². The molecule has 1 amide bonds. The average molecular weight is 304 g/mol. The molecule has 2 aromatic rings. The van der Waals surface area contributed by atoms with Crippen LogP contribution in [0.1, 0.15) is 22.8 Å². The summed E-state index contributed by atoms with van der Waals surface area (Å²) in [6.45, 7) is 4.31. The molecule has 0 aliphatic carbocycles. The third-order valence-corrected chi connectivity index (χ3v) is 3.28. The average Bonchev–Trinajstić information content (AvgIpc) is 2.46. The molecule has 1 atom stereocenters. The van der Waals surface area contributed by atoms with Crippen LogP contribution in [0.5, 0.6) is 5.75 Å². The lowest BCUT2D eigenvalue weighted by atomic mass is 10.2. The highest BCUT2D eigenvalue weighted by Crippen LogP contribution is 2.16. The van der Waals surface area contributed by atoms with Gasteiger partial charge in [0, 0.05) is 10.6 Å². The summed E-state index contributed by atoms with van der Waals surface area (Å²) in [5, 5.41) is 3.44. The zero-order chi connectivity index (χ0) is 15.2. The molecule has 21 heavy (non-hydrogen) atoms. The van der Waals surface area contributed by atoms with Crippen molar-refractivity contribution in [1.29, 1.82) is 0 Å². The van der Waals surface area contributed by atoms with Gasteiger partial charge in [-0.15, -0.1) is 0 Å². The molecule has 0 unspecified atom stereocenters. The van der Waals surface area contributed by atoms with Crippen molar-refractivity contribution in [1.82, 2.24) is 5.32 Å². The highest BCUT2D eigenvalue weighted by atomic mass is 35.5. The predicted octanol–water partition coefficient (Wildman–Crippen LogP) is 3.85. The Kier molecular flexibility index (Phi) is 5.23. The highest BCUT2D eigenvalue weighted by Gasteiger charge is 2.11. The molecule has 0 saturated heterocycles. The second kappa shape index (κ2) is 7.14. The Hall–Kier alpha value is -2.00. The number of carbonyl (C=O) groups is 1. The normalized spacial score (nSPS) is 11.8. The van der Waals surface area contributed by atoms with Crippen molar-refractivity contribution in [3.05, 3.63) is 64.7 Å². The maximum Gasteiger partial charge on any atom is 0.251 e. The molecular formula is C17H18ClNO2. The van der Waals surface area contributed by atoms with E-state index in [4.69, 9.17) is 16.3 Å². The van der Waals surface area contributed by atoms with Crippen LogP contribution in [0.4, 0.5) is 0 Å². The first-order chi connectivity index (χ1) is 10.1. The summed E-state index contributed by atoms with van der Waals surface area (Å²) in [6.07, 6.45) is 0. The fourth-order valence-corrected chi connectivity index (χ4v) is 2.10. The van der Waals surface area contributed by atoms with E-state index in [0.29, 0.717) is 17.2 Å². The van der Waals surface area contributed by atoms with Gasteiger partial charge < -0.3 is 10.1 Å². The summed E-state index contributed by atoms with van der Waals surface area (Å²) >= 11 is 5.88. The zero-order valence-electron chi connectivity index (χ0n) is 12.1. The van der Waals surface area contributed by atoms with E-state index < -0.39 is 0 Å². The largest absolute Gasteiger partial charge is 0.491 e. The van der Waals surface area contributed by atoms with E-state index in [9.17, 15) is 4.79 Å². The van der Waals surface area contributed by atoms with Gasteiger partial charge in [-0.1, -0.05) is 35.9 Å². The SMILES string of the molecule is Cc1ccccc1OC[C@H](C)NC(=O)c1cccc(Cl)c1. The molecule has 0 bridgehead atoms. The second-order valence-electron chi connectivity index (χ2n) is 4.96. The van der Waals surface area contributed by atoms with Crippen molar-refractivity contribution in [3.63, 3.8) is 0 Å². The minimum atomic E-state index is -0.154. The van der Waals surface area contributed by atoms with Crippen LogP contribution in [0.2, 0.25) is 5.02 Å². The van der Waals surface area contributed by atoms with Gasteiger partial charge in [0.1, 0.15) is 12.4 Å². The van der Waals surface area contributed by atoms with Crippen molar-refractivity contribution >= 4 is 17.5 Å². The van der Waals surface area contributed by atoms with Crippen LogP contribution in [-0.2, 0) is 0 Å². The minimum Gasteiger partial charge on any atom is -0.491 e. The summed E-state index contributed by atoms with van der Waals surface area (Å²) in [7, 11) is 0. The van der Waals surface area contributed by atoms with Crippen LogP contribution in [-0.4, -0.2) is 18.6 Å². The summed E-state index contributed by atoms with van der Waals surface area (Å²) in [5.41, 5.74) is 1.62. The quantitative estimate of drug-likeness (QED) is 0.911. The lowest BCUT2D eigenvalue weighted by Gasteiger charge is -2.16. The van der Waals surface area contributed by atoms with Gasteiger partial charge in [0.05, 0.1) is 6.04 Å². The van der Waals surface area contributed by atoms with Gasteiger partial charge in [-0.3, -0.25) is 4.79 Å². The van der Waals surface area contributed by atoms with Crippen LogP contribution in [0.25, 0.3) is 0 Å². The van der Waals surface area contributed by atoms with E-state index in [1.54, 1.807) is 24.3 Å². The summed E-state index contributed by atoms with van der Waals surface area (Å²) in [4.78, 5) is 12.1. The van der Waals surface area contributed by atoms with Gasteiger partial charge in [0.2, 0.25) is 0 Å².